The Labute approximate surface area is 127 Å². The van der Waals surface area contributed by atoms with Gasteiger partial charge in [0.1, 0.15) is 18.3 Å². The molecule has 1 aliphatic rings. The number of ether oxygens (including phenoxy) is 1. The highest BCUT2D eigenvalue weighted by Gasteiger charge is 2.45. The van der Waals surface area contributed by atoms with Gasteiger partial charge in [-0.3, -0.25) is 18.9 Å². The van der Waals surface area contributed by atoms with E-state index in [0.29, 0.717) is 0 Å². The molecule has 1 aromatic heterocycles. The van der Waals surface area contributed by atoms with E-state index in [1.165, 1.54) is 0 Å². The summed E-state index contributed by atoms with van der Waals surface area (Å²) >= 11 is 0. The highest BCUT2D eigenvalue weighted by atomic mass is 32.1. The van der Waals surface area contributed by atoms with Crippen LogP contribution in [0.1, 0.15) is 6.23 Å². The Morgan fingerprint density at radius 1 is 1.35 bits per heavy atom. The van der Waals surface area contributed by atoms with Crippen LogP contribution in [0.5, 0.6) is 0 Å². The highest BCUT2D eigenvalue weighted by molar-refractivity contribution is 8.17. The van der Waals surface area contributed by atoms with Crippen molar-refractivity contribution in [1.82, 2.24) is 9.55 Å². The molecular formula is C9H12N2O10P2. The summed E-state index contributed by atoms with van der Waals surface area (Å²) in [4.78, 5) is 33.5. The molecule has 1 unspecified atom stereocenters. The van der Waals surface area contributed by atoms with Crippen molar-refractivity contribution in [3.8, 4) is 0 Å². The number of hydrogen-bond donors (Lipinski definition) is 4. The topological polar surface area (TPSA) is 185 Å². The lowest BCUT2D eigenvalue weighted by Crippen LogP contribution is -2.37. The first-order valence-corrected chi connectivity index (χ1v) is 9.55. The number of aromatic amines is 1. The second-order valence-electron chi connectivity index (χ2n) is 4.59. The van der Waals surface area contributed by atoms with E-state index in [-0.39, 0.29) is 0 Å². The third-order valence-corrected chi connectivity index (χ3v) is 5.56. The van der Waals surface area contributed by atoms with E-state index in [1.807, 2.05) is 4.98 Å². The lowest BCUT2D eigenvalue weighted by Gasteiger charge is -2.16. The molecule has 1 aromatic rings. The normalized spacial score (nSPS) is 30.0. The summed E-state index contributed by atoms with van der Waals surface area (Å²) < 4.78 is 42.4. The first-order chi connectivity index (χ1) is 10.6. The van der Waals surface area contributed by atoms with Crippen molar-refractivity contribution >= 4 is 14.7 Å². The Bertz CT molecular complexity index is 805. The summed E-state index contributed by atoms with van der Waals surface area (Å²) in [5.41, 5.74) is -1.59. The van der Waals surface area contributed by atoms with Crippen molar-refractivity contribution in [2.24, 2.45) is 0 Å². The van der Waals surface area contributed by atoms with Gasteiger partial charge in [-0.25, -0.2) is 18.5 Å². The predicted octanol–water partition coefficient (Wildman–Crippen LogP) is -1.55. The van der Waals surface area contributed by atoms with E-state index < -0.39 is 57.0 Å². The zero-order valence-electron chi connectivity index (χ0n) is 11.2. The van der Waals surface area contributed by atoms with E-state index in [2.05, 4.69) is 4.52 Å². The number of aliphatic hydroxyl groups is 2. The lowest BCUT2D eigenvalue weighted by molar-refractivity contribution is -0.0520. The summed E-state index contributed by atoms with van der Waals surface area (Å²) in [5.74, 6) is 0. The Kier molecular flexibility index (Phi) is 5.17. The molecule has 4 N–H and O–H groups in total. The average molecular weight is 370 g/mol. The molecule has 0 aromatic carbocycles. The SMILES string of the molecule is O=c1ccn([C@@H]2O[C@H](COP(=O)(O)P(=O)=O)[C@@H](O)[C@H]2O)c(=O)[nH]1. The van der Waals surface area contributed by atoms with Crippen molar-refractivity contribution in [2.45, 2.75) is 24.5 Å². The molecule has 1 saturated heterocycles. The number of hydrogen-bond acceptors (Lipinski definition) is 9. The van der Waals surface area contributed by atoms with Gasteiger partial charge in [-0.2, -0.15) is 0 Å². The Hall–Kier alpha value is -1.39. The molecule has 0 spiro atoms. The maximum Gasteiger partial charge on any atom is 0.449 e. The number of nitrogens with zero attached hydrogens (tertiary/aromatic N) is 1. The molecule has 2 rings (SSSR count). The minimum atomic E-state index is -4.91. The van der Waals surface area contributed by atoms with E-state index in [4.69, 9.17) is 9.63 Å². The van der Waals surface area contributed by atoms with Crippen LogP contribution < -0.4 is 11.2 Å². The van der Waals surface area contributed by atoms with Crippen LogP contribution in [0.15, 0.2) is 21.9 Å². The van der Waals surface area contributed by atoms with Gasteiger partial charge in [0.2, 0.25) is 0 Å². The molecule has 2 heterocycles. The van der Waals surface area contributed by atoms with Crippen molar-refractivity contribution in [3.63, 3.8) is 0 Å². The molecule has 0 aliphatic carbocycles. The van der Waals surface area contributed by atoms with Crippen LogP contribution in [0.2, 0.25) is 0 Å². The third-order valence-electron chi connectivity index (χ3n) is 3.08. The molecule has 1 aliphatic heterocycles. The van der Waals surface area contributed by atoms with Crippen LogP contribution >= 0.6 is 14.7 Å². The molecule has 0 saturated carbocycles. The van der Waals surface area contributed by atoms with Crippen LogP contribution in [0, 0.1) is 0 Å². The van der Waals surface area contributed by atoms with Gasteiger partial charge in [-0.1, -0.05) is 0 Å². The maximum absolute atomic E-state index is 11.6. The van der Waals surface area contributed by atoms with Gasteiger partial charge in [0.15, 0.2) is 6.23 Å². The van der Waals surface area contributed by atoms with Gasteiger partial charge in [0, 0.05) is 12.3 Å². The van der Waals surface area contributed by atoms with Crippen molar-refractivity contribution in [3.05, 3.63) is 33.1 Å². The quantitative estimate of drug-likeness (QED) is 0.442. The van der Waals surface area contributed by atoms with E-state index in [9.17, 15) is 33.5 Å². The number of H-pyrrole nitrogens is 1. The summed E-state index contributed by atoms with van der Waals surface area (Å²) in [6.45, 7) is -0.816. The number of aliphatic hydroxyl groups excluding tert-OH is 2. The fourth-order valence-electron chi connectivity index (χ4n) is 1.94. The molecule has 5 atom stereocenters. The maximum atomic E-state index is 11.6. The van der Waals surface area contributed by atoms with E-state index in [0.717, 1.165) is 16.8 Å². The van der Waals surface area contributed by atoms with Crippen molar-refractivity contribution in [2.75, 3.05) is 6.61 Å². The molecule has 23 heavy (non-hydrogen) atoms. The summed E-state index contributed by atoms with van der Waals surface area (Å²) in [7, 11) is -8.66. The molecule has 12 nitrogen and oxygen atoms in total. The number of nitrogens with one attached hydrogen (secondary N) is 1. The molecular weight excluding hydrogens is 358 g/mol. The van der Waals surface area contributed by atoms with Crippen LogP contribution in [-0.2, 0) is 23.0 Å². The molecule has 0 bridgehead atoms. The van der Waals surface area contributed by atoms with Gasteiger partial charge >= 0.3 is 20.3 Å². The first-order valence-electron chi connectivity index (χ1n) is 6.09. The van der Waals surface area contributed by atoms with Crippen molar-refractivity contribution in [1.29, 1.82) is 0 Å². The van der Waals surface area contributed by atoms with E-state index in [1.54, 1.807) is 0 Å². The Morgan fingerprint density at radius 2 is 2.00 bits per heavy atom. The lowest BCUT2D eigenvalue weighted by atomic mass is 10.1. The largest absolute Gasteiger partial charge is 0.449 e. The fourth-order valence-corrected chi connectivity index (χ4v) is 2.86. The van der Waals surface area contributed by atoms with Crippen LogP contribution in [0.3, 0.4) is 0 Å². The number of rotatable bonds is 5. The zero-order chi connectivity index (χ0) is 17.4. The fraction of sp³-hybridized carbons (Fsp3) is 0.556. The summed E-state index contributed by atoms with van der Waals surface area (Å²) in [6, 6.07) is 0.984. The van der Waals surface area contributed by atoms with Gasteiger partial charge in [0.25, 0.3) is 5.56 Å². The van der Waals surface area contributed by atoms with Crippen LogP contribution in [0.4, 0.5) is 0 Å². The minimum Gasteiger partial charge on any atom is -0.387 e. The predicted molar refractivity (Wildman–Crippen MR) is 71.3 cm³/mol. The number of aromatic nitrogens is 2. The van der Waals surface area contributed by atoms with Crippen molar-refractivity contribution < 1.29 is 38.1 Å². The first kappa shape index (κ1) is 18.0. The molecule has 0 amide bonds. The molecule has 1 fully saturated rings. The van der Waals surface area contributed by atoms with Gasteiger partial charge in [0.05, 0.1) is 6.61 Å². The molecule has 128 valence electrons. The summed E-state index contributed by atoms with van der Waals surface area (Å²) in [5, 5.41) is 19.7. The molecule has 0 radical (unpaired) electrons. The van der Waals surface area contributed by atoms with Gasteiger partial charge in [-0.05, 0) is 0 Å². The monoisotopic (exact) mass is 370 g/mol. The minimum absolute atomic E-state index is 0.681. The molecule has 14 heteroatoms. The van der Waals surface area contributed by atoms with Crippen LogP contribution in [-0.4, -0.2) is 49.6 Å². The second-order valence-corrected chi connectivity index (χ2v) is 8.80. The Balaban J connectivity index is 2.17. The third kappa shape index (κ3) is 3.75. The van der Waals surface area contributed by atoms with E-state index >= 15 is 0 Å². The van der Waals surface area contributed by atoms with Gasteiger partial charge < -0.3 is 19.8 Å². The average Bonchev–Trinajstić information content (AvgIpc) is 2.73. The van der Waals surface area contributed by atoms with Gasteiger partial charge in [-0.15, -0.1) is 0 Å². The smallest absolute Gasteiger partial charge is 0.387 e. The van der Waals surface area contributed by atoms with Crippen LogP contribution in [0.25, 0.3) is 0 Å². The standard InChI is InChI=1S/C9H12N2O10P2/c12-5-1-2-11(9(15)10-5)8-7(14)6(13)4(21-8)3-20-23(18,19)22(16)17/h1-2,4,6-8,13-14H,3H2,(H,18,19)(H,10,12,15)/t4-,6-,7-,8-/m1/s1. The zero-order valence-corrected chi connectivity index (χ0v) is 13.0. The highest BCUT2D eigenvalue weighted by Crippen LogP contribution is 2.59. The second kappa shape index (κ2) is 6.62. The summed E-state index contributed by atoms with van der Waals surface area (Å²) in [6.07, 6.45) is -4.99. The Morgan fingerprint density at radius 3 is 2.57 bits per heavy atom.